The van der Waals surface area contributed by atoms with E-state index in [4.69, 9.17) is 26.3 Å². The number of carboxylic acids is 2. The van der Waals surface area contributed by atoms with Gasteiger partial charge in [-0.25, -0.2) is 0 Å². The van der Waals surface area contributed by atoms with Crippen molar-refractivity contribution in [3.05, 3.63) is 0 Å². The molecule has 0 fully saturated rings. The highest BCUT2D eigenvalue weighted by atomic mass is 16.5. The lowest BCUT2D eigenvalue weighted by molar-refractivity contribution is -0.144. The molecule has 0 rings (SSSR count). The van der Waals surface area contributed by atoms with E-state index < -0.39 is 29.4 Å². The van der Waals surface area contributed by atoms with E-state index in [2.05, 4.69) is 0 Å². The third-order valence-corrected chi connectivity index (χ3v) is 2.59. The fourth-order valence-corrected chi connectivity index (χ4v) is 0.922. The monoisotopic (exact) mass is 280 g/mol. The Kier molecular flexibility index (Phi) is 9.32. The quantitative estimate of drug-likeness (QED) is 0.356. The number of carbonyl (C=O) groups is 2. The summed E-state index contributed by atoms with van der Waals surface area (Å²) < 4.78 is 0. The van der Waals surface area contributed by atoms with Crippen molar-refractivity contribution < 1.29 is 30.1 Å². The van der Waals surface area contributed by atoms with Gasteiger partial charge in [0.15, 0.2) is 0 Å². The Bertz CT molecular complexity index is 293. The van der Waals surface area contributed by atoms with Gasteiger partial charge in [0.05, 0.1) is 6.61 Å². The van der Waals surface area contributed by atoms with Crippen LogP contribution in [0.2, 0.25) is 0 Å². The predicted octanol–water partition coefficient (Wildman–Crippen LogP) is -0.509. The maximum absolute atomic E-state index is 10.3. The van der Waals surface area contributed by atoms with E-state index in [9.17, 15) is 9.59 Å². The molecule has 0 bridgehead atoms. The zero-order valence-corrected chi connectivity index (χ0v) is 11.6. The zero-order valence-electron chi connectivity index (χ0n) is 11.6. The Balaban J connectivity index is 0. The molecule has 0 aliphatic carbocycles. The number of rotatable bonds is 6. The number of nitrogens with one attached hydrogen (secondary N) is 1. The molecule has 2 atom stereocenters. The van der Waals surface area contributed by atoms with Crippen LogP contribution >= 0.6 is 0 Å². The van der Waals surface area contributed by atoms with Gasteiger partial charge in [0, 0.05) is 5.41 Å². The fourth-order valence-electron chi connectivity index (χ4n) is 0.922. The van der Waals surface area contributed by atoms with E-state index in [1.807, 2.05) is 0 Å². The molecule has 0 amide bonds. The van der Waals surface area contributed by atoms with Crippen LogP contribution in [0.1, 0.15) is 27.7 Å². The normalized spacial score (nSPS) is 14.3. The Labute approximate surface area is 112 Å². The molecule has 0 aromatic heterocycles. The van der Waals surface area contributed by atoms with Crippen LogP contribution in [-0.2, 0) is 9.59 Å². The van der Waals surface area contributed by atoms with Gasteiger partial charge in [-0.3, -0.25) is 9.59 Å². The van der Waals surface area contributed by atoms with E-state index in [0.717, 1.165) is 0 Å². The molecule has 0 heterocycles. The molecule has 8 nitrogen and oxygen atoms in total. The maximum Gasteiger partial charge on any atom is 0.323 e. The summed E-state index contributed by atoms with van der Waals surface area (Å²) >= 11 is 0. The number of nitrogens with two attached hydrogens (primary N) is 1. The molecular formula is C11H24N2O6. The minimum Gasteiger partial charge on any atom is -0.480 e. The van der Waals surface area contributed by atoms with Crippen molar-refractivity contribution in [2.75, 3.05) is 6.61 Å². The lowest BCUT2D eigenvalue weighted by atomic mass is 9.86. The summed E-state index contributed by atoms with van der Waals surface area (Å²) in [5.41, 5.74) is 6.20. The van der Waals surface area contributed by atoms with Gasteiger partial charge in [-0.15, -0.1) is 0 Å². The highest BCUT2D eigenvalue weighted by molar-refractivity contribution is 5.74. The van der Waals surface area contributed by atoms with Crippen molar-refractivity contribution in [1.82, 2.24) is 5.48 Å². The number of carboxylic acid groups (broad SMARTS) is 2. The molecule has 114 valence electrons. The summed E-state index contributed by atoms with van der Waals surface area (Å²) in [6.45, 7) is 6.40. The highest BCUT2D eigenvalue weighted by Gasteiger charge is 2.30. The fraction of sp³-hybridized carbons (Fsp3) is 0.818. The Hall–Kier alpha value is -1.22. The molecule has 0 aliphatic rings. The maximum atomic E-state index is 10.3. The van der Waals surface area contributed by atoms with Crippen LogP contribution in [0.3, 0.4) is 0 Å². The third-order valence-electron chi connectivity index (χ3n) is 2.59. The smallest absolute Gasteiger partial charge is 0.323 e. The van der Waals surface area contributed by atoms with Gasteiger partial charge in [0.25, 0.3) is 0 Å². The average molecular weight is 280 g/mol. The molecule has 0 radical (unpaired) electrons. The van der Waals surface area contributed by atoms with Gasteiger partial charge in [-0.05, 0) is 5.92 Å². The molecule has 0 saturated heterocycles. The number of aliphatic carboxylic acids is 2. The van der Waals surface area contributed by atoms with Gasteiger partial charge >= 0.3 is 11.9 Å². The number of aliphatic hydroxyl groups excluding tert-OH is 1. The van der Waals surface area contributed by atoms with Crippen LogP contribution in [0.5, 0.6) is 0 Å². The van der Waals surface area contributed by atoms with Crippen LogP contribution in [0.4, 0.5) is 0 Å². The van der Waals surface area contributed by atoms with Crippen LogP contribution in [-0.4, -0.2) is 51.2 Å². The Morgan fingerprint density at radius 3 is 1.68 bits per heavy atom. The SMILES string of the molecule is CC(C)(CO)C(N)C(=O)O.CC(C)C(NO)C(=O)O. The van der Waals surface area contributed by atoms with Crippen molar-refractivity contribution in [1.29, 1.82) is 0 Å². The second-order valence-electron chi connectivity index (χ2n) is 5.15. The van der Waals surface area contributed by atoms with E-state index in [1.165, 1.54) is 0 Å². The van der Waals surface area contributed by atoms with E-state index in [1.54, 1.807) is 33.2 Å². The summed E-state index contributed by atoms with van der Waals surface area (Å²) in [6.07, 6.45) is 0. The van der Waals surface area contributed by atoms with E-state index in [-0.39, 0.29) is 12.5 Å². The molecule has 0 aromatic carbocycles. The number of hydrogen-bond acceptors (Lipinski definition) is 6. The summed E-state index contributed by atoms with van der Waals surface area (Å²) in [5, 5.41) is 33.6. The third kappa shape index (κ3) is 7.73. The second-order valence-corrected chi connectivity index (χ2v) is 5.15. The molecule has 0 saturated carbocycles. The van der Waals surface area contributed by atoms with Gasteiger partial charge in [0.2, 0.25) is 0 Å². The van der Waals surface area contributed by atoms with Gasteiger partial charge in [0.1, 0.15) is 12.1 Å². The largest absolute Gasteiger partial charge is 0.480 e. The highest BCUT2D eigenvalue weighted by Crippen LogP contribution is 2.17. The van der Waals surface area contributed by atoms with Crippen LogP contribution in [0.25, 0.3) is 0 Å². The molecule has 8 heteroatoms. The standard InChI is InChI=1S/C6H13NO3.C5H11NO3/c1-6(2,3-8)4(7)5(9)10;1-3(2)4(6-9)5(7)8/h4,8H,3,7H2,1-2H3,(H,9,10);3-4,6,9H,1-2H3,(H,7,8). The number of aliphatic hydroxyl groups is 1. The zero-order chi connectivity index (χ0) is 15.8. The molecule has 0 aliphatic heterocycles. The van der Waals surface area contributed by atoms with Gasteiger partial charge < -0.3 is 26.3 Å². The minimum atomic E-state index is -1.08. The molecule has 19 heavy (non-hydrogen) atoms. The predicted molar refractivity (Wildman–Crippen MR) is 67.7 cm³/mol. The summed E-state index contributed by atoms with van der Waals surface area (Å²) in [5.74, 6) is -2.22. The summed E-state index contributed by atoms with van der Waals surface area (Å²) in [4.78, 5) is 20.4. The van der Waals surface area contributed by atoms with E-state index in [0.29, 0.717) is 0 Å². The first-order valence-corrected chi connectivity index (χ1v) is 5.72. The number of hydroxylamine groups is 1. The van der Waals surface area contributed by atoms with Gasteiger partial charge in [-0.1, -0.05) is 27.7 Å². The summed E-state index contributed by atoms with van der Waals surface area (Å²) in [7, 11) is 0. The first-order valence-electron chi connectivity index (χ1n) is 5.72. The molecule has 0 aromatic rings. The van der Waals surface area contributed by atoms with Crippen molar-refractivity contribution in [3.63, 3.8) is 0 Å². The first-order chi connectivity index (χ1) is 8.51. The number of hydrogen-bond donors (Lipinski definition) is 6. The van der Waals surface area contributed by atoms with Crippen molar-refractivity contribution in [2.24, 2.45) is 17.1 Å². The van der Waals surface area contributed by atoms with Gasteiger partial charge in [-0.2, -0.15) is 5.48 Å². The summed E-state index contributed by atoms with van der Waals surface area (Å²) in [6, 6.07) is -1.86. The van der Waals surface area contributed by atoms with Crippen LogP contribution in [0, 0.1) is 11.3 Å². The van der Waals surface area contributed by atoms with Crippen molar-refractivity contribution in [3.8, 4) is 0 Å². The lowest BCUT2D eigenvalue weighted by Gasteiger charge is -2.25. The average Bonchev–Trinajstić information content (AvgIpc) is 2.28. The minimum absolute atomic E-state index is 0.104. The topological polar surface area (TPSA) is 153 Å². The molecule has 7 N–H and O–H groups in total. The van der Waals surface area contributed by atoms with Crippen molar-refractivity contribution in [2.45, 2.75) is 39.8 Å². The first kappa shape index (κ1) is 20.1. The second kappa shape index (κ2) is 8.81. The van der Waals surface area contributed by atoms with E-state index >= 15 is 0 Å². The molecule has 2 unspecified atom stereocenters. The van der Waals surface area contributed by atoms with Crippen molar-refractivity contribution >= 4 is 11.9 Å². The Morgan fingerprint density at radius 1 is 1.21 bits per heavy atom. The van der Waals surface area contributed by atoms with Crippen LogP contribution in [0.15, 0.2) is 0 Å². The van der Waals surface area contributed by atoms with Crippen LogP contribution < -0.4 is 11.2 Å². The lowest BCUT2D eigenvalue weighted by Crippen LogP contribution is -2.45. The molecule has 0 spiro atoms. The molecular weight excluding hydrogens is 256 g/mol. The Morgan fingerprint density at radius 2 is 1.63 bits per heavy atom.